The fraction of sp³-hybridized carbons (Fsp3) is 0.889. The summed E-state index contributed by atoms with van der Waals surface area (Å²) in [6.45, 7) is 2.69. The number of unbranched alkanes of at least 4 members (excludes halogenated alkanes) is 1. The lowest BCUT2D eigenvalue weighted by Crippen LogP contribution is -2.37. The Balaban J connectivity index is 3.43. The maximum atomic E-state index is 11.7. The number of rotatable bonds is 5. The van der Waals surface area contributed by atoms with Crippen LogP contribution in [0.1, 0.15) is 26.2 Å². The van der Waals surface area contributed by atoms with Crippen LogP contribution in [0.25, 0.3) is 0 Å². The van der Waals surface area contributed by atoms with Crippen molar-refractivity contribution in [1.82, 2.24) is 10.2 Å². The standard InChI is InChI=1S/C9H17F3N2O/c1-3-14(2)8(15)13-7-5-4-6-9(10,11)12/h3-7H2,1-2H3,(H,13,15). The highest BCUT2D eigenvalue weighted by atomic mass is 19.4. The third-order valence-corrected chi connectivity index (χ3v) is 1.98. The lowest BCUT2D eigenvalue weighted by atomic mass is 10.2. The largest absolute Gasteiger partial charge is 0.389 e. The molecule has 1 N–H and O–H groups in total. The number of nitrogens with zero attached hydrogens (tertiary/aromatic N) is 1. The fourth-order valence-electron chi connectivity index (χ4n) is 0.924. The molecule has 0 unspecified atom stereocenters. The molecule has 2 amide bonds. The van der Waals surface area contributed by atoms with E-state index in [-0.39, 0.29) is 12.5 Å². The summed E-state index contributed by atoms with van der Waals surface area (Å²) < 4.78 is 35.2. The Morgan fingerprint density at radius 2 is 1.93 bits per heavy atom. The molecule has 0 aromatic carbocycles. The summed E-state index contributed by atoms with van der Waals surface area (Å²) in [7, 11) is 1.63. The first-order chi connectivity index (χ1) is 6.87. The summed E-state index contributed by atoms with van der Waals surface area (Å²) >= 11 is 0. The van der Waals surface area contributed by atoms with Gasteiger partial charge in [-0.05, 0) is 19.8 Å². The molecule has 0 spiro atoms. The quantitative estimate of drug-likeness (QED) is 0.717. The Labute approximate surface area is 87.6 Å². The average Bonchev–Trinajstić information content (AvgIpc) is 2.14. The van der Waals surface area contributed by atoms with Crippen molar-refractivity contribution in [3.05, 3.63) is 0 Å². The first kappa shape index (κ1) is 14.1. The normalized spacial score (nSPS) is 11.3. The molecule has 0 aliphatic heterocycles. The molecule has 0 rings (SSSR count). The fourth-order valence-corrected chi connectivity index (χ4v) is 0.924. The zero-order valence-corrected chi connectivity index (χ0v) is 9.02. The van der Waals surface area contributed by atoms with Gasteiger partial charge in [0.2, 0.25) is 0 Å². The maximum absolute atomic E-state index is 11.7. The number of halogens is 3. The SMILES string of the molecule is CCN(C)C(=O)NCCCCC(F)(F)F. The van der Waals surface area contributed by atoms with Gasteiger partial charge in [-0.3, -0.25) is 0 Å². The molecule has 0 saturated heterocycles. The van der Waals surface area contributed by atoms with E-state index in [0.29, 0.717) is 19.5 Å². The molecule has 0 saturated carbocycles. The number of alkyl halides is 3. The van der Waals surface area contributed by atoms with Gasteiger partial charge in [0.05, 0.1) is 0 Å². The molecule has 0 aliphatic rings. The summed E-state index contributed by atoms with van der Waals surface area (Å²) in [5.41, 5.74) is 0. The van der Waals surface area contributed by atoms with Crippen molar-refractivity contribution in [1.29, 1.82) is 0 Å². The molecule has 0 fully saturated rings. The van der Waals surface area contributed by atoms with Crippen LogP contribution < -0.4 is 5.32 Å². The highest BCUT2D eigenvalue weighted by Gasteiger charge is 2.25. The molecule has 15 heavy (non-hydrogen) atoms. The van der Waals surface area contributed by atoms with Gasteiger partial charge in [-0.1, -0.05) is 0 Å². The number of urea groups is 1. The maximum Gasteiger partial charge on any atom is 0.389 e. The highest BCUT2D eigenvalue weighted by Crippen LogP contribution is 2.21. The molecule has 6 heteroatoms. The van der Waals surface area contributed by atoms with Gasteiger partial charge in [-0.2, -0.15) is 13.2 Å². The van der Waals surface area contributed by atoms with Gasteiger partial charge in [0, 0.05) is 26.6 Å². The number of hydrogen-bond acceptors (Lipinski definition) is 1. The van der Waals surface area contributed by atoms with Crippen molar-refractivity contribution in [2.45, 2.75) is 32.4 Å². The van der Waals surface area contributed by atoms with Gasteiger partial charge in [-0.15, -0.1) is 0 Å². The molecular weight excluding hydrogens is 209 g/mol. The Morgan fingerprint density at radius 3 is 2.40 bits per heavy atom. The van der Waals surface area contributed by atoms with Crippen molar-refractivity contribution in [2.24, 2.45) is 0 Å². The first-order valence-corrected chi connectivity index (χ1v) is 4.92. The van der Waals surface area contributed by atoms with Gasteiger partial charge < -0.3 is 10.2 Å². The predicted octanol–water partition coefficient (Wildman–Crippen LogP) is 2.38. The minimum Gasteiger partial charge on any atom is -0.338 e. The molecular formula is C9H17F3N2O. The summed E-state index contributed by atoms with van der Waals surface area (Å²) in [4.78, 5) is 12.6. The zero-order valence-electron chi connectivity index (χ0n) is 9.02. The Kier molecular flexibility index (Phi) is 6.12. The molecule has 0 heterocycles. The first-order valence-electron chi connectivity index (χ1n) is 4.92. The smallest absolute Gasteiger partial charge is 0.338 e. The van der Waals surface area contributed by atoms with E-state index < -0.39 is 12.6 Å². The van der Waals surface area contributed by atoms with Crippen molar-refractivity contribution in [3.8, 4) is 0 Å². The molecule has 0 aromatic heterocycles. The van der Waals surface area contributed by atoms with Crippen LogP contribution in [0.4, 0.5) is 18.0 Å². The molecule has 0 aromatic rings. The van der Waals surface area contributed by atoms with Crippen LogP contribution in [-0.4, -0.2) is 37.2 Å². The van der Waals surface area contributed by atoms with Crippen molar-refractivity contribution < 1.29 is 18.0 Å². The Bertz CT molecular complexity index is 194. The van der Waals surface area contributed by atoms with Crippen molar-refractivity contribution in [3.63, 3.8) is 0 Å². The van der Waals surface area contributed by atoms with Gasteiger partial charge in [-0.25, -0.2) is 4.79 Å². The van der Waals surface area contributed by atoms with E-state index in [4.69, 9.17) is 0 Å². The lowest BCUT2D eigenvalue weighted by Gasteiger charge is -2.15. The van der Waals surface area contributed by atoms with E-state index >= 15 is 0 Å². The van der Waals surface area contributed by atoms with Gasteiger partial charge in [0.25, 0.3) is 0 Å². The molecule has 0 bridgehead atoms. The van der Waals surface area contributed by atoms with E-state index in [1.165, 1.54) is 4.90 Å². The van der Waals surface area contributed by atoms with Crippen LogP contribution in [0.3, 0.4) is 0 Å². The minimum atomic E-state index is -4.09. The topological polar surface area (TPSA) is 32.3 Å². The summed E-state index contributed by atoms with van der Waals surface area (Å²) in [5.74, 6) is 0. The zero-order chi connectivity index (χ0) is 11.9. The van der Waals surface area contributed by atoms with Crippen LogP contribution in [0.15, 0.2) is 0 Å². The second-order valence-electron chi connectivity index (χ2n) is 3.32. The lowest BCUT2D eigenvalue weighted by molar-refractivity contribution is -0.135. The van der Waals surface area contributed by atoms with E-state index in [0.717, 1.165) is 0 Å². The number of nitrogens with one attached hydrogen (secondary N) is 1. The number of hydrogen-bond donors (Lipinski definition) is 1. The number of carbonyl (C=O) groups is 1. The van der Waals surface area contributed by atoms with Gasteiger partial charge >= 0.3 is 12.2 Å². The summed E-state index contributed by atoms with van der Waals surface area (Å²) in [5, 5.41) is 2.54. The van der Waals surface area contributed by atoms with E-state index in [2.05, 4.69) is 5.32 Å². The number of carbonyl (C=O) groups excluding carboxylic acids is 1. The molecule has 3 nitrogen and oxygen atoms in total. The van der Waals surface area contributed by atoms with E-state index in [9.17, 15) is 18.0 Å². The van der Waals surface area contributed by atoms with E-state index in [1.807, 2.05) is 6.92 Å². The van der Waals surface area contributed by atoms with Crippen molar-refractivity contribution in [2.75, 3.05) is 20.1 Å². The Hall–Kier alpha value is -0.940. The second-order valence-corrected chi connectivity index (χ2v) is 3.32. The van der Waals surface area contributed by atoms with Crippen LogP contribution in [0.2, 0.25) is 0 Å². The second kappa shape index (κ2) is 6.53. The van der Waals surface area contributed by atoms with Gasteiger partial charge in [0.15, 0.2) is 0 Å². The monoisotopic (exact) mass is 226 g/mol. The number of amides is 2. The molecule has 0 atom stereocenters. The summed E-state index contributed by atoms with van der Waals surface area (Å²) in [6.07, 6.45) is -4.47. The third kappa shape index (κ3) is 8.08. The molecule has 90 valence electrons. The molecule has 0 radical (unpaired) electrons. The minimum absolute atomic E-state index is 0.0552. The van der Waals surface area contributed by atoms with E-state index in [1.54, 1.807) is 7.05 Å². The van der Waals surface area contributed by atoms with Crippen LogP contribution >= 0.6 is 0 Å². The van der Waals surface area contributed by atoms with Crippen LogP contribution in [0.5, 0.6) is 0 Å². The predicted molar refractivity (Wildman–Crippen MR) is 51.6 cm³/mol. The van der Waals surface area contributed by atoms with Gasteiger partial charge in [0.1, 0.15) is 0 Å². The summed E-state index contributed by atoms with van der Waals surface area (Å²) in [6, 6.07) is -0.246. The highest BCUT2D eigenvalue weighted by molar-refractivity contribution is 5.73. The third-order valence-electron chi connectivity index (χ3n) is 1.98. The van der Waals surface area contributed by atoms with Crippen molar-refractivity contribution >= 4 is 6.03 Å². The van der Waals surface area contributed by atoms with Crippen LogP contribution in [-0.2, 0) is 0 Å². The Morgan fingerprint density at radius 1 is 1.33 bits per heavy atom. The molecule has 0 aliphatic carbocycles. The average molecular weight is 226 g/mol. The van der Waals surface area contributed by atoms with Crippen LogP contribution in [0, 0.1) is 0 Å².